The number of benzene rings is 1. The van der Waals surface area contributed by atoms with Gasteiger partial charge in [-0.1, -0.05) is 37.6 Å². The largest absolute Gasteiger partial charge is 0.463 e. The lowest BCUT2D eigenvalue weighted by atomic mass is 9.75. The number of Topliss-reactive ketones (excluding diaryl/α,β-unsaturated/α-hetero) is 2. The fourth-order valence-electron chi connectivity index (χ4n) is 3.68. The van der Waals surface area contributed by atoms with E-state index >= 15 is 0 Å². The third-order valence-electron chi connectivity index (χ3n) is 4.76. The molecule has 1 spiro atoms. The fourth-order valence-corrected chi connectivity index (χ4v) is 3.68. The molecular formula is C19H19NO5. The zero-order valence-corrected chi connectivity index (χ0v) is 14.4. The monoisotopic (exact) mass is 341 g/mol. The molecule has 0 atom stereocenters. The molecule has 1 aromatic rings. The zero-order chi connectivity index (χ0) is 18.4. The summed E-state index contributed by atoms with van der Waals surface area (Å²) >= 11 is 0. The van der Waals surface area contributed by atoms with Gasteiger partial charge < -0.3 is 9.64 Å². The molecule has 0 N–H and O–H groups in total. The van der Waals surface area contributed by atoms with Crippen LogP contribution in [-0.2, 0) is 14.3 Å². The highest BCUT2D eigenvalue weighted by Crippen LogP contribution is 2.50. The summed E-state index contributed by atoms with van der Waals surface area (Å²) in [7, 11) is 1.49. The smallest absolute Gasteiger partial charge is 0.337 e. The van der Waals surface area contributed by atoms with Gasteiger partial charge in [0.15, 0.2) is 11.6 Å². The molecule has 0 saturated carbocycles. The lowest BCUT2D eigenvalue weighted by Crippen LogP contribution is -2.46. The first-order valence-electron chi connectivity index (χ1n) is 8.30. The first kappa shape index (κ1) is 17.1. The zero-order valence-electron chi connectivity index (χ0n) is 14.4. The van der Waals surface area contributed by atoms with Crippen LogP contribution in [0.3, 0.4) is 0 Å². The standard InChI is InChI=1S/C19H19NO5/c1-4-8-13-14(17(23)25-5-2)19(18(24)20(13)3)15(21)11-9-6-7-10-12(11)16(19)22/h6-7,9-10H,4-5,8H2,1-3H3. The number of carbonyl (C=O) groups is 4. The Labute approximate surface area is 145 Å². The molecule has 0 bridgehead atoms. The molecule has 6 heteroatoms. The molecule has 1 aliphatic heterocycles. The number of carbonyl (C=O) groups excluding carboxylic acids is 4. The lowest BCUT2D eigenvalue weighted by Gasteiger charge is -2.21. The van der Waals surface area contributed by atoms with Gasteiger partial charge >= 0.3 is 5.97 Å². The third-order valence-corrected chi connectivity index (χ3v) is 4.76. The number of rotatable bonds is 4. The van der Waals surface area contributed by atoms with Crippen molar-refractivity contribution in [1.29, 1.82) is 0 Å². The second kappa shape index (κ2) is 5.95. The molecule has 1 heterocycles. The van der Waals surface area contributed by atoms with Gasteiger partial charge in [-0.05, 0) is 13.3 Å². The van der Waals surface area contributed by atoms with Crippen LogP contribution in [0.1, 0.15) is 47.4 Å². The van der Waals surface area contributed by atoms with Crippen LogP contribution < -0.4 is 0 Å². The number of nitrogens with zero attached hydrogens (tertiary/aromatic N) is 1. The van der Waals surface area contributed by atoms with E-state index in [0.29, 0.717) is 18.5 Å². The molecular weight excluding hydrogens is 322 g/mol. The molecule has 25 heavy (non-hydrogen) atoms. The molecule has 1 aromatic carbocycles. The average Bonchev–Trinajstić information content (AvgIpc) is 2.96. The molecule has 0 aromatic heterocycles. The van der Waals surface area contributed by atoms with Crippen LogP contribution in [0.2, 0.25) is 0 Å². The number of esters is 1. The maximum Gasteiger partial charge on any atom is 0.337 e. The Morgan fingerprint density at radius 3 is 2.12 bits per heavy atom. The molecule has 130 valence electrons. The highest BCUT2D eigenvalue weighted by Gasteiger charge is 2.67. The second-order valence-electron chi connectivity index (χ2n) is 6.11. The van der Waals surface area contributed by atoms with Crippen LogP contribution in [-0.4, -0.2) is 42.0 Å². The van der Waals surface area contributed by atoms with E-state index < -0.39 is 28.9 Å². The first-order valence-corrected chi connectivity index (χ1v) is 8.30. The number of allylic oxidation sites excluding steroid dienone is 1. The number of hydrogen-bond acceptors (Lipinski definition) is 5. The Hall–Kier alpha value is -2.76. The molecule has 6 nitrogen and oxygen atoms in total. The van der Waals surface area contributed by atoms with Gasteiger partial charge in [0, 0.05) is 23.9 Å². The number of ether oxygens (including phenoxy) is 1. The van der Waals surface area contributed by atoms with Crippen molar-refractivity contribution in [1.82, 2.24) is 4.90 Å². The molecule has 1 amide bonds. The van der Waals surface area contributed by atoms with Crippen molar-refractivity contribution in [2.45, 2.75) is 26.7 Å². The molecule has 0 fully saturated rings. The maximum absolute atomic E-state index is 13.1. The van der Waals surface area contributed by atoms with Gasteiger partial charge in [0.2, 0.25) is 5.41 Å². The van der Waals surface area contributed by atoms with Crippen molar-refractivity contribution in [2.24, 2.45) is 5.41 Å². The quantitative estimate of drug-likeness (QED) is 0.619. The van der Waals surface area contributed by atoms with Gasteiger partial charge in [-0.3, -0.25) is 14.4 Å². The van der Waals surface area contributed by atoms with Gasteiger partial charge in [0.1, 0.15) is 0 Å². The number of hydrogen-bond donors (Lipinski definition) is 0. The van der Waals surface area contributed by atoms with Gasteiger partial charge in [0.25, 0.3) is 5.91 Å². The summed E-state index contributed by atoms with van der Waals surface area (Å²) in [6.45, 7) is 3.62. The summed E-state index contributed by atoms with van der Waals surface area (Å²) in [5, 5.41) is 0. The number of amides is 1. The van der Waals surface area contributed by atoms with Crippen molar-refractivity contribution in [3.8, 4) is 0 Å². The van der Waals surface area contributed by atoms with Gasteiger partial charge in [0.05, 0.1) is 12.2 Å². The fraction of sp³-hybridized carbons (Fsp3) is 0.368. The van der Waals surface area contributed by atoms with Crippen molar-refractivity contribution < 1.29 is 23.9 Å². The number of fused-ring (bicyclic) bond motifs is 1. The Morgan fingerprint density at radius 2 is 1.64 bits per heavy atom. The first-order chi connectivity index (χ1) is 11.9. The summed E-state index contributed by atoms with van der Waals surface area (Å²) in [5.41, 5.74) is -1.51. The van der Waals surface area contributed by atoms with E-state index in [4.69, 9.17) is 4.74 Å². The molecule has 0 saturated heterocycles. The van der Waals surface area contributed by atoms with E-state index in [2.05, 4.69) is 0 Å². The van der Waals surface area contributed by atoms with Crippen LogP contribution in [0.4, 0.5) is 0 Å². The minimum absolute atomic E-state index is 0.0883. The van der Waals surface area contributed by atoms with E-state index in [1.165, 1.54) is 24.1 Å². The number of ketones is 2. The molecule has 0 radical (unpaired) electrons. The lowest BCUT2D eigenvalue weighted by molar-refractivity contribution is -0.141. The Balaban J connectivity index is 2.30. The highest BCUT2D eigenvalue weighted by atomic mass is 16.5. The van der Waals surface area contributed by atoms with Gasteiger partial charge in [-0.25, -0.2) is 4.79 Å². The maximum atomic E-state index is 13.1. The Morgan fingerprint density at radius 1 is 1.08 bits per heavy atom. The Kier molecular flexibility index (Phi) is 4.06. The topological polar surface area (TPSA) is 80.8 Å². The van der Waals surface area contributed by atoms with E-state index in [1.807, 2.05) is 6.92 Å². The van der Waals surface area contributed by atoms with Crippen LogP contribution in [0.5, 0.6) is 0 Å². The van der Waals surface area contributed by atoms with E-state index in [-0.39, 0.29) is 23.3 Å². The van der Waals surface area contributed by atoms with Crippen molar-refractivity contribution in [3.63, 3.8) is 0 Å². The van der Waals surface area contributed by atoms with Gasteiger partial charge in [-0.15, -0.1) is 0 Å². The van der Waals surface area contributed by atoms with Crippen molar-refractivity contribution >= 4 is 23.4 Å². The van der Waals surface area contributed by atoms with Crippen LogP contribution in [0.15, 0.2) is 35.5 Å². The SMILES string of the molecule is CCCC1=C(C(=O)OCC)C2(C(=O)c3ccccc3C2=O)C(=O)N1C. The molecule has 1 aliphatic carbocycles. The normalized spacial score (nSPS) is 18.4. The minimum atomic E-state index is -2.13. The summed E-state index contributed by atoms with van der Waals surface area (Å²) in [4.78, 5) is 53.3. The van der Waals surface area contributed by atoms with Crippen LogP contribution in [0.25, 0.3) is 0 Å². The molecule has 0 unspecified atom stereocenters. The second-order valence-corrected chi connectivity index (χ2v) is 6.11. The summed E-state index contributed by atoms with van der Waals surface area (Å²) in [5.74, 6) is -2.73. The minimum Gasteiger partial charge on any atom is -0.463 e. The average molecular weight is 341 g/mol. The summed E-state index contributed by atoms with van der Waals surface area (Å²) < 4.78 is 5.10. The summed E-state index contributed by atoms with van der Waals surface area (Å²) in [6.07, 6.45) is 1.05. The van der Waals surface area contributed by atoms with Crippen molar-refractivity contribution in [2.75, 3.05) is 13.7 Å². The van der Waals surface area contributed by atoms with E-state index in [0.717, 1.165) is 0 Å². The van der Waals surface area contributed by atoms with Crippen LogP contribution in [0, 0.1) is 5.41 Å². The van der Waals surface area contributed by atoms with Gasteiger partial charge in [-0.2, -0.15) is 0 Å². The summed E-state index contributed by atoms with van der Waals surface area (Å²) in [6, 6.07) is 6.29. The predicted molar refractivity (Wildman–Crippen MR) is 88.9 cm³/mol. The molecule has 2 aliphatic rings. The van der Waals surface area contributed by atoms with E-state index in [9.17, 15) is 19.2 Å². The third kappa shape index (κ3) is 2.03. The van der Waals surface area contributed by atoms with Crippen LogP contribution >= 0.6 is 0 Å². The predicted octanol–water partition coefficient (Wildman–Crippen LogP) is 2.14. The van der Waals surface area contributed by atoms with Crippen molar-refractivity contribution in [3.05, 3.63) is 46.7 Å². The molecule has 3 rings (SSSR count). The highest BCUT2D eigenvalue weighted by molar-refractivity contribution is 6.44. The van der Waals surface area contributed by atoms with E-state index in [1.54, 1.807) is 19.1 Å². The Bertz CT molecular complexity index is 801.